The Kier molecular flexibility index (Phi) is 5.01. The molecule has 1 fully saturated rings. The van der Waals surface area contributed by atoms with E-state index in [1.165, 1.54) is 31.1 Å². The molecule has 0 radical (unpaired) electrons. The van der Waals surface area contributed by atoms with Crippen LogP contribution in [0, 0.1) is 0 Å². The van der Waals surface area contributed by atoms with Crippen LogP contribution in [0.4, 0.5) is 0 Å². The SMILES string of the molecule is Clc1ccc(C[NH+]2CC[NH+](Cc3cc(-c4cccs4)on3)CC2)s1. The van der Waals surface area contributed by atoms with Gasteiger partial charge < -0.3 is 14.3 Å². The Hall–Kier alpha value is -1.18. The Bertz CT molecular complexity index is 775. The van der Waals surface area contributed by atoms with Crippen molar-refractivity contribution in [2.24, 2.45) is 0 Å². The lowest BCUT2D eigenvalue weighted by molar-refractivity contribution is -1.02. The molecule has 4 nitrogen and oxygen atoms in total. The monoisotopic (exact) mass is 381 g/mol. The number of nitrogens with one attached hydrogen (secondary N) is 2. The smallest absolute Gasteiger partial charge is 0.177 e. The number of quaternary nitrogens is 2. The van der Waals surface area contributed by atoms with Crippen molar-refractivity contribution in [3.05, 3.63) is 50.6 Å². The maximum Gasteiger partial charge on any atom is 0.177 e. The lowest BCUT2D eigenvalue weighted by atomic mass is 10.2. The molecular formula is C17H20ClN3OS2+2. The summed E-state index contributed by atoms with van der Waals surface area (Å²) in [5.74, 6) is 0.887. The lowest BCUT2D eigenvalue weighted by Crippen LogP contribution is -3.27. The summed E-state index contributed by atoms with van der Waals surface area (Å²) in [5.41, 5.74) is 1.06. The number of halogens is 1. The van der Waals surface area contributed by atoms with E-state index in [1.54, 1.807) is 32.5 Å². The van der Waals surface area contributed by atoms with Gasteiger partial charge in [-0.2, -0.15) is 0 Å². The molecule has 0 amide bonds. The fourth-order valence-electron chi connectivity index (χ4n) is 3.19. The quantitative estimate of drug-likeness (QED) is 0.704. The first-order valence-electron chi connectivity index (χ1n) is 8.17. The van der Waals surface area contributed by atoms with E-state index in [4.69, 9.17) is 16.1 Å². The first kappa shape index (κ1) is 16.3. The number of piperazine rings is 1. The van der Waals surface area contributed by atoms with Crippen molar-refractivity contribution in [1.82, 2.24) is 5.16 Å². The summed E-state index contributed by atoms with van der Waals surface area (Å²) >= 11 is 9.41. The molecule has 0 unspecified atom stereocenters. The highest BCUT2D eigenvalue weighted by Gasteiger charge is 2.24. The average Bonchev–Trinajstić information content (AvgIpc) is 3.31. The molecule has 3 aromatic rings. The van der Waals surface area contributed by atoms with Crippen LogP contribution < -0.4 is 9.80 Å². The van der Waals surface area contributed by atoms with Crippen LogP contribution in [0.25, 0.3) is 10.6 Å². The molecule has 1 aliphatic rings. The highest BCUT2D eigenvalue weighted by molar-refractivity contribution is 7.16. The van der Waals surface area contributed by atoms with E-state index in [9.17, 15) is 0 Å². The zero-order valence-electron chi connectivity index (χ0n) is 13.3. The van der Waals surface area contributed by atoms with E-state index in [2.05, 4.69) is 28.7 Å². The van der Waals surface area contributed by atoms with Gasteiger partial charge in [0.15, 0.2) is 5.76 Å². The summed E-state index contributed by atoms with van der Waals surface area (Å²) in [6, 6.07) is 10.3. The Labute approximate surface area is 154 Å². The van der Waals surface area contributed by atoms with Crippen molar-refractivity contribution in [2.75, 3.05) is 26.2 Å². The van der Waals surface area contributed by atoms with Gasteiger partial charge in [-0.3, -0.25) is 0 Å². The van der Waals surface area contributed by atoms with E-state index >= 15 is 0 Å². The number of hydrogen-bond acceptors (Lipinski definition) is 4. The maximum atomic E-state index is 6.02. The largest absolute Gasteiger partial charge is 0.355 e. The van der Waals surface area contributed by atoms with Gasteiger partial charge in [0.25, 0.3) is 0 Å². The Balaban J connectivity index is 1.29. The van der Waals surface area contributed by atoms with Crippen LogP contribution >= 0.6 is 34.3 Å². The third kappa shape index (κ3) is 3.90. The van der Waals surface area contributed by atoms with Crippen LogP contribution in [0.1, 0.15) is 10.6 Å². The molecule has 24 heavy (non-hydrogen) atoms. The summed E-state index contributed by atoms with van der Waals surface area (Å²) in [5, 5.41) is 6.31. The maximum absolute atomic E-state index is 6.02. The molecule has 4 rings (SSSR count). The fourth-order valence-corrected chi connectivity index (χ4v) is 5.02. The van der Waals surface area contributed by atoms with Crippen molar-refractivity contribution in [3.8, 4) is 10.6 Å². The normalized spacial score (nSPS) is 21.2. The van der Waals surface area contributed by atoms with Gasteiger partial charge in [0.2, 0.25) is 0 Å². The molecule has 0 saturated carbocycles. The summed E-state index contributed by atoms with van der Waals surface area (Å²) in [7, 11) is 0. The van der Waals surface area contributed by atoms with Crippen LogP contribution in [-0.2, 0) is 13.1 Å². The van der Waals surface area contributed by atoms with Gasteiger partial charge in [-0.15, -0.1) is 22.7 Å². The summed E-state index contributed by atoms with van der Waals surface area (Å²) in [6.45, 7) is 6.79. The molecular weight excluding hydrogens is 362 g/mol. The second kappa shape index (κ2) is 7.37. The highest BCUT2D eigenvalue weighted by Crippen LogP contribution is 2.24. The first-order chi connectivity index (χ1) is 11.8. The summed E-state index contributed by atoms with van der Waals surface area (Å²) in [4.78, 5) is 5.77. The number of aromatic nitrogens is 1. The van der Waals surface area contributed by atoms with Gasteiger partial charge >= 0.3 is 0 Å². The van der Waals surface area contributed by atoms with Gasteiger partial charge in [0.05, 0.1) is 14.1 Å². The van der Waals surface area contributed by atoms with Gasteiger partial charge in [-0.1, -0.05) is 22.8 Å². The first-order valence-corrected chi connectivity index (χ1v) is 10.2. The lowest BCUT2D eigenvalue weighted by Gasteiger charge is -2.28. The number of rotatable bonds is 5. The van der Waals surface area contributed by atoms with Gasteiger partial charge in [0, 0.05) is 6.07 Å². The minimum atomic E-state index is 0.887. The van der Waals surface area contributed by atoms with Gasteiger partial charge in [-0.05, 0) is 23.6 Å². The van der Waals surface area contributed by atoms with Crippen LogP contribution in [-0.4, -0.2) is 31.3 Å². The Morgan fingerprint density at radius 1 is 1.08 bits per heavy atom. The molecule has 0 aliphatic carbocycles. The zero-order chi connectivity index (χ0) is 16.4. The van der Waals surface area contributed by atoms with Crippen LogP contribution in [0.5, 0.6) is 0 Å². The van der Waals surface area contributed by atoms with E-state index < -0.39 is 0 Å². The molecule has 1 saturated heterocycles. The van der Waals surface area contributed by atoms with E-state index in [0.29, 0.717) is 0 Å². The third-order valence-electron chi connectivity index (χ3n) is 4.47. The van der Waals surface area contributed by atoms with Crippen LogP contribution in [0.2, 0.25) is 4.34 Å². The molecule has 0 aromatic carbocycles. The molecule has 0 atom stereocenters. The average molecular weight is 382 g/mol. The standard InChI is InChI=1S/C17H18ClN3OS2/c18-17-4-3-14(24-17)12-21-7-5-20(6-8-21)11-13-10-15(22-19-13)16-2-1-9-23-16/h1-4,9-10H,5-8,11-12H2/p+2. The van der Waals surface area contributed by atoms with Gasteiger partial charge in [-0.25, -0.2) is 0 Å². The van der Waals surface area contributed by atoms with E-state index in [0.717, 1.165) is 33.8 Å². The van der Waals surface area contributed by atoms with E-state index in [-0.39, 0.29) is 0 Å². The van der Waals surface area contributed by atoms with Crippen molar-refractivity contribution in [1.29, 1.82) is 0 Å². The second-order valence-electron chi connectivity index (χ2n) is 6.22. The van der Waals surface area contributed by atoms with Crippen molar-refractivity contribution >= 4 is 34.3 Å². The predicted molar refractivity (Wildman–Crippen MR) is 97.9 cm³/mol. The van der Waals surface area contributed by atoms with Crippen LogP contribution in [0.3, 0.4) is 0 Å². The summed E-state index contributed by atoms with van der Waals surface area (Å²) < 4.78 is 6.37. The topological polar surface area (TPSA) is 34.9 Å². The molecule has 3 aromatic heterocycles. The number of thiophene rings is 2. The molecule has 4 heterocycles. The molecule has 0 bridgehead atoms. The molecule has 7 heteroatoms. The fraction of sp³-hybridized carbons (Fsp3) is 0.353. The zero-order valence-corrected chi connectivity index (χ0v) is 15.6. The number of nitrogens with zero attached hydrogens (tertiary/aromatic N) is 1. The van der Waals surface area contributed by atoms with Crippen molar-refractivity contribution in [2.45, 2.75) is 13.1 Å². The molecule has 1 aliphatic heterocycles. The second-order valence-corrected chi connectivity index (χ2v) is 8.97. The van der Waals surface area contributed by atoms with Crippen LogP contribution in [0.15, 0.2) is 40.2 Å². The Morgan fingerprint density at radius 3 is 2.54 bits per heavy atom. The van der Waals surface area contributed by atoms with Gasteiger partial charge in [0.1, 0.15) is 45.0 Å². The third-order valence-corrected chi connectivity index (χ3v) is 6.59. The predicted octanol–water partition coefficient (Wildman–Crippen LogP) is 1.60. The van der Waals surface area contributed by atoms with Crippen molar-refractivity contribution in [3.63, 3.8) is 0 Å². The van der Waals surface area contributed by atoms with E-state index in [1.807, 2.05) is 12.1 Å². The molecule has 0 spiro atoms. The number of hydrogen-bond donors (Lipinski definition) is 2. The molecule has 2 N–H and O–H groups in total. The van der Waals surface area contributed by atoms with Crippen molar-refractivity contribution < 1.29 is 14.3 Å². The Morgan fingerprint density at radius 2 is 1.88 bits per heavy atom. The molecule has 126 valence electrons. The minimum Gasteiger partial charge on any atom is -0.355 e. The summed E-state index contributed by atoms with van der Waals surface area (Å²) in [6.07, 6.45) is 0. The highest BCUT2D eigenvalue weighted by atomic mass is 35.5. The minimum absolute atomic E-state index is 0.887.